The number of aliphatic imine (C=N–C) groups is 1. The van der Waals surface area contributed by atoms with E-state index in [1.807, 2.05) is 6.07 Å². The van der Waals surface area contributed by atoms with E-state index in [4.69, 9.17) is 14.1 Å². The van der Waals surface area contributed by atoms with Crippen molar-refractivity contribution in [1.29, 1.82) is 0 Å². The first kappa shape index (κ1) is 16.9. The fraction of sp³-hybridized carbons (Fsp3) is 0.148. The molecule has 3 aliphatic rings. The molecule has 0 spiro atoms. The van der Waals surface area contributed by atoms with Crippen LogP contribution in [0.3, 0.4) is 0 Å². The van der Waals surface area contributed by atoms with Crippen molar-refractivity contribution in [3.8, 4) is 16.9 Å². The molecule has 7 rings (SSSR count). The lowest BCUT2D eigenvalue weighted by molar-refractivity contribution is 0.540. The topological polar surface area (TPSA) is 38.0 Å². The van der Waals surface area contributed by atoms with Gasteiger partial charge in [-0.15, -0.1) is 0 Å². The minimum atomic E-state index is -0.287. The molecule has 3 heterocycles. The van der Waals surface area contributed by atoms with Crippen LogP contribution in [0.1, 0.15) is 12.5 Å². The maximum absolute atomic E-state index is 6.36. The van der Waals surface area contributed by atoms with Crippen LogP contribution >= 0.6 is 0 Å². The molecule has 2 aliphatic heterocycles. The Labute approximate surface area is 179 Å². The van der Waals surface area contributed by atoms with Gasteiger partial charge in [0.2, 0.25) is 0 Å². The van der Waals surface area contributed by atoms with Crippen LogP contribution in [0.25, 0.3) is 33.1 Å². The van der Waals surface area contributed by atoms with Crippen molar-refractivity contribution in [2.75, 3.05) is 4.90 Å². The van der Waals surface area contributed by atoms with Crippen molar-refractivity contribution in [3.63, 3.8) is 0 Å². The lowest BCUT2D eigenvalue weighted by Crippen LogP contribution is -2.43. The van der Waals surface area contributed by atoms with Crippen LogP contribution < -0.4 is 9.64 Å². The van der Waals surface area contributed by atoms with Gasteiger partial charge in [-0.25, -0.2) is 4.99 Å². The van der Waals surface area contributed by atoms with Gasteiger partial charge < -0.3 is 9.15 Å². The molecule has 1 aliphatic carbocycles. The average Bonchev–Trinajstić information content (AvgIpc) is 3.39. The number of hydrogen-bond acceptors (Lipinski definition) is 4. The van der Waals surface area contributed by atoms with E-state index in [1.54, 1.807) is 0 Å². The summed E-state index contributed by atoms with van der Waals surface area (Å²) in [5, 5.41) is 2.27. The average molecular weight is 404 g/mol. The van der Waals surface area contributed by atoms with Crippen LogP contribution in [0.4, 0.5) is 5.69 Å². The summed E-state index contributed by atoms with van der Waals surface area (Å²) in [6.07, 6.45) is 8.50. The molecule has 0 fully saturated rings. The summed E-state index contributed by atoms with van der Waals surface area (Å²) >= 11 is 0. The van der Waals surface area contributed by atoms with Gasteiger partial charge in [0.05, 0.1) is 11.7 Å². The molecular formula is C27H20N2O2. The number of aryl methyl sites for hydroxylation is 1. The van der Waals surface area contributed by atoms with E-state index < -0.39 is 0 Å². The molecule has 0 saturated carbocycles. The van der Waals surface area contributed by atoms with E-state index in [-0.39, 0.29) is 11.6 Å². The van der Waals surface area contributed by atoms with Gasteiger partial charge in [-0.1, -0.05) is 54.1 Å². The van der Waals surface area contributed by atoms with Crippen molar-refractivity contribution in [1.82, 2.24) is 0 Å². The zero-order chi connectivity index (χ0) is 20.7. The Bertz CT molecular complexity index is 1510. The first-order valence-electron chi connectivity index (χ1n) is 10.6. The van der Waals surface area contributed by atoms with Gasteiger partial charge in [0.25, 0.3) is 6.02 Å². The highest BCUT2D eigenvalue weighted by Gasteiger charge is 2.49. The molecule has 4 aromatic rings. The van der Waals surface area contributed by atoms with Crippen molar-refractivity contribution in [2.45, 2.75) is 25.4 Å². The second kappa shape index (κ2) is 5.67. The summed E-state index contributed by atoms with van der Waals surface area (Å²) in [5.74, 6) is 0.870. The van der Waals surface area contributed by atoms with Gasteiger partial charge in [-0.05, 0) is 49.7 Å². The molecule has 4 heteroatoms. The predicted octanol–water partition coefficient (Wildman–Crippen LogP) is 6.38. The quantitative estimate of drug-likeness (QED) is 0.369. The fourth-order valence-electron chi connectivity index (χ4n) is 5.07. The predicted molar refractivity (Wildman–Crippen MR) is 125 cm³/mol. The van der Waals surface area contributed by atoms with Gasteiger partial charge in [-0.3, -0.25) is 4.90 Å². The molecule has 3 aromatic carbocycles. The minimum Gasteiger partial charge on any atom is -0.456 e. The third-order valence-electron chi connectivity index (χ3n) is 6.64. The number of fused-ring (bicyclic) bond motifs is 8. The number of para-hydroxylation sites is 1. The van der Waals surface area contributed by atoms with Gasteiger partial charge in [-0.2, -0.15) is 0 Å². The largest absolute Gasteiger partial charge is 0.456 e. The number of benzene rings is 3. The van der Waals surface area contributed by atoms with Crippen LogP contribution in [0.15, 0.2) is 88.3 Å². The van der Waals surface area contributed by atoms with Crippen LogP contribution in [0.5, 0.6) is 5.75 Å². The van der Waals surface area contributed by atoms with Crippen LogP contribution in [0, 0.1) is 6.92 Å². The molecule has 150 valence electrons. The number of nitrogens with zero attached hydrogens (tertiary/aromatic N) is 2. The zero-order valence-electron chi connectivity index (χ0n) is 17.3. The highest BCUT2D eigenvalue weighted by molar-refractivity contribution is 6.09. The smallest absolute Gasteiger partial charge is 0.299 e. The Morgan fingerprint density at radius 3 is 2.71 bits per heavy atom. The van der Waals surface area contributed by atoms with E-state index in [1.165, 1.54) is 5.56 Å². The molecule has 2 unspecified atom stereocenters. The standard InChI is InChI=1S/C27H20N2O2/c1-16-9-11-22-19(14-16)20-15-17(10-12-23(20)30-22)18-6-5-7-21-25(18)31-26-28-27(2)13-4-3-8-24(27)29(21)26/h3-15,24H,1-2H3. The molecule has 0 radical (unpaired) electrons. The minimum absolute atomic E-state index is 0.132. The monoisotopic (exact) mass is 404 g/mol. The number of rotatable bonds is 1. The van der Waals surface area contributed by atoms with E-state index in [9.17, 15) is 0 Å². The second-order valence-corrected chi connectivity index (χ2v) is 8.75. The summed E-state index contributed by atoms with van der Waals surface area (Å²) in [6, 6.07) is 19.8. The highest BCUT2D eigenvalue weighted by Crippen LogP contribution is 2.49. The molecule has 0 N–H and O–H groups in total. The Kier molecular flexibility index (Phi) is 3.10. The van der Waals surface area contributed by atoms with E-state index in [0.29, 0.717) is 6.02 Å². The number of allylic oxidation sites excluding steroid dienone is 2. The molecular weight excluding hydrogens is 384 g/mol. The van der Waals surface area contributed by atoms with E-state index in [2.05, 4.69) is 91.6 Å². The highest BCUT2D eigenvalue weighted by atomic mass is 16.5. The number of anilines is 1. The summed E-state index contributed by atoms with van der Waals surface area (Å²) in [7, 11) is 0. The van der Waals surface area contributed by atoms with Crippen molar-refractivity contribution < 1.29 is 9.15 Å². The van der Waals surface area contributed by atoms with Gasteiger partial charge in [0.15, 0.2) is 5.75 Å². The van der Waals surface area contributed by atoms with Gasteiger partial charge >= 0.3 is 0 Å². The molecule has 1 aromatic heterocycles. The second-order valence-electron chi connectivity index (χ2n) is 8.75. The Morgan fingerprint density at radius 2 is 1.81 bits per heavy atom. The molecule has 4 nitrogen and oxygen atoms in total. The molecule has 0 bridgehead atoms. The molecule has 0 amide bonds. The van der Waals surface area contributed by atoms with Crippen LogP contribution in [0.2, 0.25) is 0 Å². The van der Waals surface area contributed by atoms with E-state index >= 15 is 0 Å². The van der Waals surface area contributed by atoms with Crippen LogP contribution in [-0.2, 0) is 0 Å². The SMILES string of the molecule is Cc1ccc2oc3ccc(-c4cccc5c4OC4=NC6(C)C=CC=CC6N45)cc3c2c1. The Hall–Kier alpha value is -3.79. The summed E-state index contributed by atoms with van der Waals surface area (Å²) in [5.41, 5.74) is 5.99. The lowest BCUT2D eigenvalue weighted by atomic mass is 9.89. The normalized spacial score (nSPS) is 23.1. The summed E-state index contributed by atoms with van der Waals surface area (Å²) < 4.78 is 12.4. The third-order valence-corrected chi connectivity index (χ3v) is 6.64. The first-order chi connectivity index (χ1) is 15.1. The fourth-order valence-corrected chi connectivity index (χ4v) is 5.07. The Balaban J connectivity index is 1.40. The third kappa shape index (κ3) is 2.22. The molecule has 2 atom stereocenters. The van der Waals surface area contributed by atoms with Crippen molar-refractivity contribution in [3.05, 3.63) is 84.5 Å². The van der Waals surface area contributed by atoms with Crippen molar-refractivity contribution in [2.24, 2.45) is 4.99 Å². The van der Waals surface area contributed by atoms with E-state index in [0.717, 1.165) is 44.5 Å². The van der Waals surface area contributed by atoms with Crippen LogP contribution in [-0.4, -0.2) is 17.6 Å². The number of furan rings is 1. The lowest BCUT2D eigenvalue weighted by Gasteiger charge is -2.30. The first-order valence-corrected chi connectivity index (χ1v) is 10.6. The number of hydrogen-bond donors (Lipinski definition) is 0. The maximum atomic E-state index is 6.36. The zero-order valence-corrected chi connectivity index (χ0v) is 17.3. The van der Waals surface area contributed by atoms with Gasteiger partial charge in [0.1, 0.15) is 16.7 Å². The number of amidine groups is 1. The Morgan fingerprint density at radius 1 is 0.968 bits per heavy atom. The molecule has 31 heavy (non-hydrogen) atoms. The summed E-state index contributed by atoms with van der Waals surface area (Å²) in [4.78, 5) is 7.13. The maximum Gasteiger partial charge on any atom is 0.299 e. The number of ether oxygens (including phenoxy) is 1. The molecule has 0 saturated heterocycles. The van der Waals surface area contributed by atoms with Gasteiger partial charge in [0, 0.05) is 16.3 Å². The summed E-state index contributed by atoms with van der Waals surface area (Å²) in [6.45, 7) is 4.26. The van der Waals surface area contributed by atoms with Crippen molar-refractivity contribution >= 4 is 33.6 Å².